The lowest BCUT2D eigenvalue weighted by atomic mass is 10.1. The molecule has 2 N–H and O–H groups in total. The maximum absolute atomic E-state index is 11.9. The van der Waals surface area contributed by atoms with Crippen LogP contribution in [0.3, 0.4) is 0 Å². The second-order valence-electron chi connectivity index (χ2n) is 4.86. The Morgan fingerprint density at radius 1 is 1.29 bits per heavy atom. The summed E-state index contributed by atoms with van der Waals surface area (Å²) in [7, 11) is -3.22. The van der Waals surface area contributed by atoms with Crippen LogP contribution in [0.1, 0.15) is 19.8 Å². The van der Waals surface area contributed by atoms with E-state index in [-0.39, 0.29) is 11.8 Å². The minimum Gasteiger partial charge on any atom is -0.352 e. The lowest BCUT2D eigenvalue weighted by Crippen LogP contribution is -2.49. The smallest absolute Gasteiger partial charge is 0.352 e. The van der Waals surface area contributed by atoms with Crippen LogP contribution in [0, 0.1) is 0 Å². The third-order valence-electron chi connectivity index (χ3n) is 3.19. The van der Waals surface area contributed by atoms with Gasteiger partial charge >= 0.3 is 6.18 Å². The minimum absolute atomic E-state index is 0.0331. The minimum atomic E-state index is -4.35. The van der Waals surface area contributed by atoms with Gasteiger partial charge in [0, 0.05) is 19.1 Å². The SMILES string of the molecule is CCS(=O)(=O)N1CCC(NC(=O)CNCC(F)(F)F)CC1. The molecule has 0 aliphatic carbocycles. The third-order valence-corrected chi connectivity index (χ3v) is 5.07. The van der Waals surface area contributed by atoms with Gasteiger partial charge in [-0.25, -0.2) is 12.7 Å². The summed E-state index contributed by atoms with van der Waals surface area (Å²) < 4.78 is 60.3. The molecule has 21 heavy (non-hydrogen) atoms. The Balaban J connectivity index is 2.28. The van der Waals surface area contributed by atoms with Crippen molar-refractivity contribution >= 4 is 15.9 Å². The number of hydrogen-bond donors (Lipinski definition) is 2. The van der Waals surface area contributed by atoms with E-state index in [9.17, 15) is 26.4 Å². The van der Waals surface area contributed by atoms with Crippen molar-refractivity contribution in [3.8, 4) is 0 Å². The average molecular weight is 331 g/mol. The van der Waals surface area contributed by atoms with Crippen LogP contribution in [-0.4, -0.2) is 62.8 Å². The van der Waals surface area contributed by atoms with Gasteiger partial charge in [0.2, 0.25) is 15.9 Å². The molecule has 1 saturated heterocycles. The highest BCUT2D eigenvalue weighted by Gasteiger charge is 2.28. The molecule has 0 aromatic rings. The topological polar surface area (TPSA) is 78.5 Å². The Labute approximate surface area is 122 Å². The van der Waals surface area contributed by atoms with Crippen LogP contribution in [0.25, 0.3) is 0 Å². The van der Waals surface area contributed by atoms with Gasteiger partial charge in [-0.3, -0.25) is 4.79 Å². The molecular formula is C11H20F3N3O3S. The number of halogens is 3. The van der Waals surface area contributed by atoms with Gasteiger partial charge in [0.05, 0.1) is 18.8 Å². The maximum Gasteiger partial charge on any atom is 0.401 e. The average Bonchev–Trinajstić information content (AvgIpc) is 2.37. The molecule has 10 heteroatoms. The molecule has 124 valence electrons. The van der Waals surface area contributed by atoms with Crippen LogP contribution in [0.2, 0.25) is 0 Å². The van der Waals surface area contributed by atoms with E-state index >= 15 is 0 Å². The Morgan fingerprint density at radius 2 is 1.86 bits per heavy atom. The number of carbonyl (C=O) groups is 1. The fraction of sp³-hybridized carbons (Fsp3) is 0.909. The number of alkyl halides is 3. The number of nitrogens with one attached hydrogen (secondary N) is 2. The largest absolute Gasteiger partial charge is 0.401 e. The molecule has 6 nitrogen and oxygen atoms in total. The number of carbonyl (C=O) groups excluding carboxylic acids is 1. The molecule has 1 aliphatic heterocycles. The van der Waals surface area contributed by atoms with E-state index in [1.165, 1.54) is 4.31 Å². The number of piperidine rings is 1. The summed E-state index contributed by atoms with van der Waals surface area (Å²) in [5, 5.41) is 4.62. The van der Waals surface area contributed by atoms with Crippen molar-refractivity contribution < 1.29 is 26.4 Å². The molecule has 0 atom stereocenters. The number of amides is 1. The first-order valence-electron chi connectivity index (χ1n) is 6.68. The molecule has 1 rings (SSSR count). The van der Waals surface area contributed by atoms with Gasteiger partial charge in [-0.2, -0.15) is 13.2 Å². The molecule has 0 saturated carbocycles. The van der Waals surface area contributed by atoms with Crippen molar-refractivity contribution in [1.29, 1.82) is 0 Å². The van der Waals surface area contributed by atoms with Crippen LogP contribution in [-0.2, 0) is 14.8 Å². The van der Waals surface area contributed by atoms with Crippen LogP contribution < -0.4 is 10.6 Å². The standard InChI is InChI=1S/C11H20F3N3O3S/c1-2-21(19,20)17-5-3-9(4-6-17)16-10(18)7-15-8-11(12,13)14/h9,15H,2-8H2,1H3,(H,16,18). The van der Waals surface area contributed by atoms with E-state index in [0.717, 1.165) is 0 Å². The van der Waals surface area contributed by atoms with Crippen molar-refractivity contribution in [2.45, 2.75) is 32.0 Å². The van der Waals surface area contributed by atoms with Crippen LogP contribution in [0.5, 0.6) is 0 Å². The second kappa shape index (κ2) is 7.41. The lowest BCUT2D eigenvalue weighted by molar-refractivity contribution is -0.128. The zero-order chi connectivity index (χ0) is 16.1. The Hall–Kier alpha value is -0.870. The number of rotatable bonds is 6. The maximum atomic E-state index is 11.9. The summed E-state index contributed by atoms with van der Waals surface area (Å²) in [6.45, 7) is 0.574. The van der Waals surface area contributed by atoms with Gasteiger partial charge in [-0.1, -0.05) is 0 Å². The van der Waals surface area contributed by atoms with Crippen LogP contribution in [0.15, 0.2) is 0 Å². The summed E-state index contributed by atoms with van der Waals surface area (Å²) in [6, 6.07) is -0.200. The molecule has 0 radical (unpaired) electrons. The molecule has 1 fully saturated rings. The van der Waals surface area contributed by atoms with Gasteiger partial charge in [0.1, 0.15) is 0 Å². The van der Waals surface area contributed by atoms with Gasteiger partial charge < -0.3 is 10.6 Å². The van der Waals surface area contributed by atoms with Gasteiger partial charge in [-0.05, 0) is 19.8 Å². The molecule has 1 heterocycles. The monoisotopic (exact) mass is 331 g/mol. The summed E-state index contributed by atoms with van der Waals surface area (Å²) in [5.41, 5.74) is 0. The van der Waals surface area contributed by atoms with Crippen molar-refractivity contribution in [1.82, 2.24) is 14.9 Å². The van der Waals surface area contributed by atoms with Crippen molar-refractivity contribution in [2.75, 3.05) is 31.9 Å². The van der Waals surface area contributed by atoms with Crippen molar-refractivity contribution in [2.24, 2.45) is 0 Å². The van der Waals surface area contributed by atoms with Gasteiger partial charge in [-0.15, -0.1) is 0 Å². The van der Waals surface area contributed by atoms with E-state index in [0.29, 0.717) is 25.9 Å². The van der Waals surface area contributed by atoms with E-state index in [1.807, 2.05) is 5.32 Å². The molecule has 1 amide bonds. The second-order valence-corrected chi connectivity index (χ2v) is 7.12. The van der Waals surface area contributed by atoms with E-state index in [1.54, 1.807) is 6.92 Å². The lowest BCUT2D eigenvalue weighted by Gasteiger charge is -2.31. The van der Waals surface area contributed by atoms with Gasteiger partial charge in [0.15, 0.2) is 0 Å². The highest BCUT2D eigenvalue weighted by molar-refractivity contribution is 7.89. The first-order valence-corrected chi connectivity index (χ1v) is 8.29. The molecule has 1 aliphatic rings. The van der Waals surface area contributed by atoms with Crippen LogP contribution in [0.4, 0.5) is 13.2 Å². The highest BCUT2D eigenvalue weighted by atomic mass is 32.2. The first-order chi connectivity index (χ1) is 9.64. The molecule has 0 spiro atoms. The van der Waals surface area contributed by atoms with Crippen molar-refractivity contribution in [3.63, 3.8) is 0 Å². The number of hydrogen-bond acceptors (Lipinski definition) is 4. The van der Waals surface area contributed by atoms with Gasteiger partial charge in [0.25, 0.3) is 0 Å². The fourth-order valence-corrected chi connectivity index (χ4v) is 3.19. The zero-order valence-corrected chi connectivity index (χ0v) is 12.6. The number of sulfonamides is 1. The number of nitrogens with zero attached hydrogens (tertiary/aromatic N) is 1. The fourth-order valence-electron chi connectivity index (χ4n) is 2.06. The summed E-state index contributed by atoms with van der Waals surface area (Å²) in [6.07, 6.45) is -3.42. The van der Waals surface area contributed by atoms with E-state index < -0.39 is 35.2 Å². The predicted molar refractivity (Wildman–Crippen MR) is 71.1 cm³/mol. The Kier molecular flexibility index (Phi) is 6.41. The predicted octanol–water partition coefficient (Wildman–Crippen LogP) is 0.0686. The third kappa shape index (κ3) is 6.62. The molecular weight excluding hydrogens is 311 g/mol. The van der Waals surface area contributed by atoms with E-state index in [4.69, 9.17) is 0 Å². The molecule has 0 aromatic heterocycles. The highest BCUT2D eigenvalue weighted by Crippen LogP contribution is 2.14. The summed E-state index contributed by atoms with van der Waals surface area (Å²) in [5.74, 6) is -0.484. The quantitative estimate of drug-likeness (QED) is 0.722. The zero-order valence-electron chi connectivity index (χ0n) is 11.7. The normalized spacial score (nSPS) is 18.7. The van der Waals surface area contributed by atoms with Crippen LogP contribution >= 0.6 is 0 Å². The summed E-state index contributed by atoms with van der Waals surface area (Å²) in [4.78, 5) is 11.5. The molecule has 0 bridgehead atoms. The van der Waals surface area contributed by atoms with E-state index in [2.05, 4.69) is 5.32 Å². The molecule has 0 unspecified atom stereocenters. The Morgan fingerprint density at radius 3 is 2.33 bits per heavy atom. The molecule has 0 aromatic carbocycles. The van der Waals surface area contributed by atoms with Crippen molar-refractivity contribution in [3.05, 3.63) is 0 Å². The Bertz CT molecular complexity index is 445. The first kappa shape index (κ1) is 18.2. The summed E-state index contributed by atoms with van der Waals surface area (Å²) >= 11 is 0.